The van der Waals surface area contributed by atoms with Crippen LogP contribution in [0.5, 0.6) is 0 Å². The predicted molar refractivity (Wildman–Crippen MR) is 85.8 cm³/mol. The fourth-order valence-electron chi connectivity index (χ4n) is 2.99. The molecule has 1 aliphatic rings. The summed E-state index contributed by atoms with van der Waals surface area (Å²) < 4.78 is 5.39. The molecular formula is C18H27NO2. The van der Waals surface area contributed by atoms with Crippen LogP contribution in [-0.2, 0) is 10.2 Å². The van der Waals surface area contributed by atoms with Crippen LogP contribution in [0.3, 0.4) is 0 Å². The van der Waals surface area contributed by atoms with Gasteiger partial charge in [0.25, 0.3) is 0 Å². The summed E-state index contributed by atoms with van der Waals surface area (Å²) in [5.41, 5.74) is 3.18. The average Bonchev–Trinajstić information content (AvgIpc) is 2.90. The number of likely N-dealkylation sites (tertiary alicyclic amines) is 1. The van der Waals surface area contributed by atoms with Crippen molar-refractivity contribution in [3.63, 3.8) is 0 Å². The van der Waals surface area contributed by atoms with Crippen LogP contribution < -0.4 is 0 Å². The molecule has 0 atom stereocenters. The topological polar surface area (TPSA) is 29.5 Å². The SMILES string of the molecule is Cc1cc(C(=O)OCCN2CCCC2)ccc1C(C)(C)C. The molecule has 3 heteroatoms. The maximum Gasteiger partial charge on any atom is 0.338 e. The zero-order valence-corrected chi connectivity index (χ0v) is 13.7. The van der Waals surface area contributed by atoms with E-state index in [0.717, 1.165) is 25.2 Å². The number of benzene rings is 1. The smallest absolute Gasteiger partial charge is 0.338 e. The zero-order valence-electron chi connectivity index (χ0n) is 13.7. The summed E-state index contributed by atoms with van der Waals surface area (Å²) in [5, 5.41) is 0. The van der Waals surface area contributed by atoms with Crippen molar-refractivity contribution < 1.29 is 9.53 Å². The third-order valence-electron chi connectivity index (χ3n) is 4.11. The molecule has 1 fully saturated rings. The maximum absolute atomic E-state index is 12.1. The first kappa shape index (κ1) is 16.0. The molecule has 1 heterocycles. The van der Waals surface area contributed by atoms with E-state index in [1.807, 2.05) is 18.2 Å². The summed E-state index contributed by atoms with van der Waals surface area (Å²) in [6.45, 7) is 12.2. The third-order valence-corrected chi connectivity index (χ3v) is 4.11. The van der Waals surface area contributed by atoms with E-state index in [2.05, 4.69) is 32.6 Å². The van der Waals surface area contributed by atoms with Crippen LogP contribution in [0.1, 0.15) is 55.1 Å². The van der Waals surface area contributed by atoms with Crippen molar-refractivity contribution in [1.82, 2.24) is 4.90 Å². The maximum atomic E-state index is 12.1. The number of nitrogens with zero attached hydrogens (tertiary/aromatic N) is 1. The number of esters is 1. The van der Waals surface area contributed by atoms with Crippen molar-refractivity contribution in [3.05, 3.63) is 34.9 Å². The number of carbonyl (C=O) groups is 1. The van der Waals surface area contributed by atoms with Gasteiger partial charge in [-0.1, -0.05) is 26.8 Å². The van der Waals surface area contributed by atoms with E-state index in [0.29, 0.717) is 12.2 Å². The van der Waals surface area contributed by atoms with Gasteiger partial charge in [0.2, 0.25) is 0 Å². The molecule has 21 heavy (non-hydrogen) atoms. The molecule has 3 nitrogen and oxygen atoms in total. The Morgan fingerprint density at radius 3 is 2.48 bits per heavy atom. The Balaban J connectivity index is 1.91. The van der Waals surface area contributed by atoms with E-state index in [1.165, 1.54) is 18.4 Å². The molecule has 0 saturated carbocycles. The first-order valence-corrected chi connectivity index (χ1v) is 7.88. The molecule has 0 N–H and O–H groups in total. The second-order valence-corrected chi connectivity index (χ2v) is 6.96. The van der Waals surface area contributed by atoms with Crippen molar-refractivity contribution in [2.45, 2.75) is 46.0 Å². The highest BCUT2D eigenvalue weighted by atomic mass is 16.5. The highest BCUT2D eigenvalue weighted by molar-refractivity contribution is 5.89. The summed E-state index contributed by atoms with van der Waals surface area (Å²) in [4.78, 5) is 14.4. The van der Waals surface area contributed by atoms with Crippen LogP contribution in [0.2, 0.25) is 0 Å². The molecule has 0 amide bonds. The second kappa shape index (κ2) is 6.61. The summed E-state index contributed by atoms with van der Waals surface area (Å²) >= 11 is 0. The lowest BCUT2D eigenvalue weighted by Crippen LogP contribution is -2.25. The van der Waals surface area contributed by atoms with Gasteiger partial charge in [-0.2, -0.15) is 0 Å². The molecule has 0 spiro atoms. The molecular weight excluding hydrogens is 262 g/mol. The summed E-state index contributed by atoms with van der Waals surface area (Å²) in [6, 6.07) is 5.87. The standard InChI is InChI=1S/C18H27NO2/c1-14-13-15(7-8-16(14)18(2,3)4)17(20)21-12-11-19-9-5-6-10-19/h7-8,13H,5-6,9-12H2,1-4H3. The molecule has 116 valence electrons. The molecule has 0 radical (unpaired) electrons. The minimum atomic E-state index is -0.210. The molecule has 0 unspecified atom stereocenters. The van der Waals surface area contributed by atoms with E-state index in [4.69, 9.17) is 4.74 Å². The predicted octanol–water partition coefficient (Wildman–Crippen LogP) is 3.55. The van der Waals surface area contributed by atoms with Gasteiger partial charge in [-0.25, -0.2) is 4.79 Å². The van der Waals surface area contributed by atoms with Gasteiger partial charge in [-0.3, -0.25) is 4.90 Å². The fraction of sp³-hybridized carbons (Fsp3) is 0.611. The molecule has 1 aliphatic heterocycles. The van der Waals surface area contributed by atoms with Crippen LogP contribution in [0.4, 0.5) is 0 Å². The van der Waals surface area contributed by atoms with Gasteiger partial charge in [-0.15, -0.1) is 0 Å². The van der Waals surface area contributed by atoms with Gasteiger partial charge < -0.3 is 4.74 Å². The lowest BCUT2D eigenvalue weighted by atomic mass is 9.83. The van der Waals surface area contributed by atoms with Gasteiger partial charge in [0.05, 0.1) is 5.56 Å². The number of ether oxygens (including phenoxy) is 1. The lowest BCUT2D eigenvalue weighted by molar-refractivity contribution is 0.0472. The van der Waals surface area contributed by atoms with Crippen LogP contribution in [0.25, 0.3) is 0 Å². The minimum absolute atomic E-state index is 0.0995. The van der Waals surface area contributed by atoms with Crippen LogP contribution in [0, 0.1) is 6.92 Å². The molecule has 0 aromatic heterocycles. The molecule has 0 bridgehead atoms. The number of aryl methyl sites for hydroxylation is 1. The minimum Gasteiger partial charge on any atom is -0.461 e. The quantitative estimate of drug-likeness (QED) is 0.794. The highest BCUT2D eigenvalue weighted by Gasteiger charge is 2.18. The normalized spacial score (nSPS) is 16.2. The number of hydrogen-bond donors (Lipinski definition) is 0. The van der Waals surface area contributed by atoms with Gasteiger partial charge in [0.1, 0.15) is 6.61 Å². The summed E-state index contributed by atoms with van der Waals surface area (Å²) in [7, 11) is 0. The van der Waals surface area contributed by atoms with E-state index in [9.17, 15) is 4.79 Å². The molecule has 1 aromatic carbocycles. The Kier molecular flexibility index (Phi) is 5.04. The average molecular weight is 289 g/mol. The van der Waals surface area contributed by atoms with Crippen molar-refractivity contribution in [2.24, 2.45) is 0 Å². The van der Waals surface area contributed by atoms with Crippen LogP contribution >= 0.6 is 0 Å². The van der Waals surface area contributed by atoms with E-state index >= 15 is 0 Å². The fourth-order valence-corrected chi connectivity index (χ4v) is 2.99. The monoisotopic (exact) mass is 289 g/mol. The Labute approximate surface area is 128 Å². The molecule has 0 aliphatic carbocycles. The Bertz CT molecular complexity index is 496. The van der Waals surface area contributed by atoms with Crippen molar-refractivity contribution in [1.29, 1.82) is 0 Å². The second-order valence-electron chi connectivity index (χ2n) is 6.96. The highest BCUT2D eigenvalue weighted by Crippen LogP contribution is 2.26. The molecule has 1 aromatic rings. The number of rotatable bonds is 4. The first-order chi connectivity index (χ1) is 9.88. The van der Waals surface area contributed by atoms with Crippen molar-refractivity contribution in [2.75, 3.05) is 26.2 Å². The summed E-state index contributed by atoms with van der Waals surface area (Å²) in [6.07, 6.45) is 2.53. The number of carbonyl (C=O) groups excluding carboxylic acids is 1. The lowest BCUT2D eigenvalue weighted by Gasteiger charge is -2.22. The van der Waals surface area contributed by atoms with Gasteiger partial charge in [0, 0.05) is 6.54 Å². The Morgan fingerprint density at radius 1 is 1.24 bits per heavy atom. The van der Waals surface area contributed by atoms with Gasteiger partial charge in [-0.05, 0) is 61.5 Å². The van der Waals surface area contributed by atoms with E-state index in [1.54, 1.807) is 0 Å². The Morgan fingerprint density at radius 2 is 1.90 bits per heavy atom. The third kappa shape index (κ3) is 4.31. The molecule has 1 saturated heterocycles. The van der Waals surface area contributed by atoms with E-state index in [-0.39, 0.29) is 11.4 Å². The van der Waals surface area contributed by atoms with Gasteiger partial charge >= 0.3 is 5.97 Å². The van der Waals surface area contributed by atoms with Crippen molar-refractivity contribution in [3.8, 4) is 0 Å². The van der Waals surface area contributed by atoms with Crippen molar-refractivity contribution >= 4 is 5.97 Å². The van der Waals surface area contributed by atoms with Crippen LogP contribution in [0.15, 0.2) is 18.2 Å². The first-order valence-electron chi connectivity index (χ1n) is 7.88. The number of hydrogen-bond acceptors (Lipinski definition) is 3. The zero-order chi connectivity index (χ0) is 15.5. The molecule has 2 rings (SSSR count). The van der Waals surface area contributed by atoms with Gasteiger partial charge in [0.15, 0.2) is 0 Å². The summed E-state index contributed by atoms with van der Waals surface area (Å²) in [5.74, 6) is -0.210. The largest absolute Gasteiger partial charge is 0.461 e. The van der Waals surface area contributed by atoms with Crippen LogP contribution in [-0.4, -0.2) is 37.1 Å². The Hall–Kier alpha value is -1.35. The van der Waals surface area contributed by atoms with E-state index < -0.39 is 0 Å².